The molecule has 0 amide bonds. The standard InChI is InChI=1S/C12H18O3/c13-9-4-5-10(11(14)8-9)12(15)6-2-1-3-7-12/h8,10,14-15H,1-7H2. The molecular weight excluding hydrogens is 192 g/mol. The van der Waals surface area contributed by atoms with Gasteiger partial charge in [-0.15, -0.1) is 0 Å². The SMILES string of the molecule is O=C1C=C(O)C(C2(O)CCCCC2)CC1. The molecule has 2 N–H and O–H groups in total. The van der Waals surface area contributed by atoms with Crippen LogP contribution in [0.4, 0.5) is 0 Å². The molecule has 0 spiro atoms. The van der Waals surface area contributed by atoms with E-state index in [0.717, 1.165) is 25.7 Å². The summed E-state index contributed by atoms with van der Waals surface area (Å²) in [6, 6.07) is 0. The first-order valence-corrected chi connectivity index (χ1v) is 5.77. The number of aliphatic hydroxyl groups excluding tert-OH is 1. The average Bonchev–Trinajstić information content (AvgIpc) is 2.18. The molecule has 1 fully saturated rings. The molecule has 0 aromatic carbocycles. The van der Waals surface area contributed by atoms with E-state index < -0.39 is 5.60 Å². The van der Waals surface area contributed by atoms with Crippen molar-refractivity contribution in [3.8, 4) is 0 Å². The summed E-state index contributed by atoms with van der Waals surface area (Å²) in [6.45, 7) is 0. The molecule has 2 aliphatic carbocycles. The van der Waals surface area contributed by atoms with Crippen molar-refractivity contribution in [2.75, 3.05) is 0 Å². The molecule has 1 saturated carbocycles. The molecule has 0 aliphatic heterocycles. The van der Waals surface area contributed by atoms with Gasteiger partial charge in [0, 0.05) is 18.4 Å². The lowest BCUT2D eigenvalue weighted by Gasteiger charge is -2.39. The third-order valence-corrected chi connectivity index (χ3v) is 3.71. The number of hydrogen-bond donors (Lipinski definition) is 2. The maximum absolute atomic E-state index is 11.1. The van der Waals surface area contributed by atoms with E-state index in [2.05, 4.69) is 0 Å². The highest BCUT2D eigenvalue weighted by Crippen LogP contribution is 2.40. The van der Waals surface area contributed by atoms with Crippen molar-refractivity contribution in [3.05, 3.63) is 11.8 Å². The van der Waals surface area contributed by atoms with Gasteiger partial charge in [0.25, 0.3) is 0 Å². The highest BCUT2D eigenvalue weighted by atomic mass is 16.3. The quantitative estimate of drug-likeness (QED) is 0.696. The van der Waals surface area contributed by atoms with Crippen LogP contribution in [-0.4, -0.2) is 21.6 Å². The van der Waals surface area contributed by atoms with Gasteiger partial charge >= 0.3 is 0 Å². The smallest absolute Gasteiger partial charge is 0.159 e. The van der Waals surface area contributed by atoms with E-state index >= 15 is 0 Å². The Kier molecular flexibility index (Phi) is 2.83. The second-order valence-electron chi connectivity index (χ2n) is 4.79. The number of carbonyl (C=O) groups excluding carboxylic acids is 1. The molecule has 0 aromatic heterocycles. The molecule has 0 saturated heterocycles. The normalized spacial score (nSPS) is 31.1. The Bertz CT molecular complexity index is 287. The van der Waals surface area contributed by atoms with Gasteiger partial charge in [-0.2, -0.15) is 0 Å². The average molecular weight is 210 g/mol. The van der Waals surface area contributed by atoms with Gasteiger partial charge in [-0.1, -0.05) is 19.3 Å². The Hall–Kier alpha value is -0.830. The number of hydrogen-bond acceptors (Lipinski definition) is 3. The number of ketones is 1. The van der Waals surface area contributed by atoms with Crippen molar-refractivity contribution < 1.29 is 15.0 Å². The van der Waals surface area contributed by atoms with Gasteiger partial charge < -0.3 is 10.2 Å². The molecule has 84 valence electrons. The number of allylic oxidation sites excluding steroid dienone is 1. The first-order chi connectivity index (χ1) is 7.12. The van der Waals surface area contributed by atoms with E-state index in [1.165, 1.54) is 12.5 Å². The van der Waals surface area contributed by atoms with Gasteiger partial charge in [0.2, 0.25) is 0 Å². The number of rotatable bonds is 1. The third-order valence-electron chi connectivity index (χ3n) is 3.71. The van der Waals surface area contributed by atoms with Crippen LogP contribution in [0.25, 0.3) is 0 Å². The fraction of sp³-hybridized carbons (Fsp3) is 0.750. The maximum Gasteiger partial charge on any atom is 0.159 e. The number of aliphatic hydroxyl groups is 2. The molecule has 3 heteroatoms. The summed E-state index contributed by atoms with van der Waals surface area (Å²) in [6.07, 6.45) is 7.06. The van der Waals surface area contributed by atoms with Crippen LogP contribution in [0.5, 0.6) is 0 Å². The highest BCUT2D eigenvalue weighted by Gasteiger charge is 2.41. The lowest BCUT2D eigenvalue weighted by atomic mass is 9.71. The molecule has 2 aliphatic rings. The topological polar surface area (TPSA) is 57.5 Å². The van der Waals surface area contributed by atoms with Crippen LogP contribution in [0.2, 0.25) is 0 Å². The van der Waals surface area contributed by atoms with Crippen LogP contribution >= 0.6 is 0 Å². The summed E-state index contributed by atoms with van der Waals surface area (Å²) in [7, 11) is 0. The van der Waals surface area contributed by atoms with Gasteiger partial charge in [-0.05, 0) is 19.3 Å². The third kappa shape index (κ3) is 2.07. The Morgan fingerprint density at radius 2 is 1.93 bits per heavy atom. The van der Waals surface area contributed by atoms with Gasteiger partial charge in [-0.3, -0.25) is 4.79 Å². The second kappa shape index (κ2) is 3.97. The first kappa shape index (κ1) is 10.7. The lowest BCUT2D eigenvalue weighted by molar-refractivity contribution is -0.117. The first-order valence-electron chi connectivity index (χ1n) is 5.77. The minimum Gasteiger partial charge on any atom is -0.512 e. The minimum absolute atomic E-state index is 0.0249. The van der Waals surface area contributed by atoms with Crippen molar-refractivity contribution in [2.24, 2.45) is 5.92 Å². The van der Waals surface area contributed by atoms with Crippen molar-refractivity contribution in [1.29, 1.82) is 0 Å². The van der Waals surface area contributed by atoms with Crippen LogP contribution in [0, 0.1) is 5.92 Å². The lowest BCUT2D eigenvalue weighted by Crippen LogP contribution is -2.42. The zero-order valence-corrected chi connectivity index (χ0v) is 8.91. The molecule has 3 nitrogen and oxygen atoms in total. The Morgan fingerprint density at radius 3 is 2.53 bits per heavy atom. The van der Waals surface area contributed by atoms with E-state index in [9.17, 15) is 15.0 Å². The van der Waals surface area contributed by atoms with Crippen molar-refractivity contribution in [1.82, 2.24) is 0 Å². The van der Waals surface area contributed by atoms with E-state index in [-0.39, 0.29) is 17.5 Å². The monoisotopic (exact) mass is 210 g/mol. The fourth-order valence-corrected chi connectivity index (χ4v) is 2.83. The predicted octanol–water partition coefficient (Wildman–Crippen LogP) is 2.10. The van der Waals surface area contributed by atoms with E-state index in [1.54, 1.807) is 0 Å². The maximum atomic E-state index is 11.1. The molecule has 0 heterocycles. The van der Waals surface area contributed by atoms with Gasteiger partial charge in [0.1, 0.15) is 5.76 Å². The van der Waals surface area contributed by atoms with Gasteiger partial charge in [0.05, 0.1) is 5.60 Å². The van der Waals surface area contributed by atoms with Gasteiger partial charge in [-0.25, -0.2) is 0 Å². The zero-order chi connectivity index (χ0) is 10.9. The molecule has 0 radical (unpaired) electrons. The van der Waals surface area contributed by atoms with Crippen molar-refractivity contribution in [2.45, 2.75) is 50.5 Å². The summed E-state index contributed by atoms with van der Waals surface area (Å²) in [5.74, 6) is -0.144. The van der Waals surface area contributed by atoms with Crippen LogP contribution in [-0.2, 0) is 4.79 Å². The molecule has 0 aromatic rings. The fourth-order valence-electron chi connectivity index (χ4n) is 2.83. The molecular formula is C12H18O3. The summed E-state index contributed by atoms with van der Waals surface area (Å²) in [5.41, 5.74) is -0.764. The summed E-state index contributed by atoms with van der Waals surface area (Å²) in [5, 5.41) is 20.2. The van der Waals surface area contributed by atoms with E-state index in [0.29, 0.717) is 12.8 Å². The largest absolute Gasteiger partial charge is 0.512 e. The minimum atomic E-state index is -0.764. The summed E-state index contributed by atoms with van der Waals surface area (Å²) < 4.78 is 0. The Labute approximate surface area is 89.8 Å². The molecule has 0 bridgehead atoms. The van der Waals surface area contributed by atoms with Crippen LogP contribution < -0.4 is 0 Å². The number of carbonyl (C=O) groups is 1. The van der Waals surface area contributed by atoms with Crippen molar-refractivity contribution >= 4 is 5.78 Å². The molecule has 15 heavy (non-hydrogen) atoms. The van der Waals surface area contributed by atoms with E-state index in [4.69, 9.17) is 0 Å². The molecule has 1 unspecified atom stereocenters. The van der Waals surface area contributed by atoms with Crippen molar-refractivity contribution in [3.63, 3.8) is 0 Å². The Morgan fingerprint density at radius 1 is 1.27 bits per heavy atom. The summed E-state index contributed by atoms with van der Waals surface area (Å²) in [4.78, 5) is 11.1. The molecule has 1 atom stereocenters. The van der Waals surface area contributed by atoms with Crippen LogP contribution in [0.1, 0.15) is 44.9 Å². The second-order valence-corrected chi connectivity index (χ2v) is 4.79. The van der Waals surface area contributed by atoms with Crippen LogP contribution in [0.3, 0.4) is 0 Å². The van der Waals surface area contributed by atoms with Gasteiger partial charge in [0.15, 0.2) is 5.78 Å². The highest BCUT2D eigenvalue weighted by molar-refractivity contribution is 5.90. The van der Waals surface area contributed by atoms with E-state index in [1.807, 2.05) is 0 Å². The Balaban J connectivity index is 2.15. The summed E-state index contributed by atoms with van der Waals surface area (Å²) >= 11 is 0. The molecule has 2 rings (SSSR count). The predicted molar refractivity (Wildman–Crippen MR) is 56.5 cm³/mol. The zero-order valence-electron chi connectivity index (χ0n) is 8.91. The van der Waals surface area contributed by atoms with Crippen LogP contribution in [0.15, 0.2) is 11.8 Å².